The van der Waals surface area contributed by atoms with Crippen molar-refractivity contribution in [3.63, 3.8) is 0 Å². The summed E-state index contributed by atoms with van der Waals surface area (Å²) in [5, 5.41) is 3.63. The Kier molecular flexibility index (Phi) is 4.38. The fourth-order valence-corrected chi connectivity index (χ4v) is 2.81. The maximum absolute atomic E-state index is 12.2. The lowest BCUT2D eigenvalue weighted by atomic mass is 10.2. The standard InChI is InChI=1S/C16H15N3O3S/c1-10-13(15(17-2)23-19-10)16(20)22-9-12-8-21-14(18-12)11-6-4-3-5-7-11/h3-8,17H,9H2,1-2H3. The Morgan fingerprint density at radius 1 is 1.35 bits per heavy atom. The number of nitrogens with one attached hydrogen (secondary N) is 1. The summed E-state index contributed by atoms with van der Waals surface area (Å²) in [5.74, 6) is 0.0748. The largest absolute Gasteiger partial charge is 0.455 e. The monoisotopic (exact) mass is 329 g/mol. The molecule has 0 saturated heterocycles. The van der Waals surface area contributed by atoms with Crippen molar-refractivity contribution in [1.82, 2.24) is 9.36 Å². The molecule has 2 aromatic heterocycles. The van der Waals surface area contributed by atoms with E-state index in [0.717, 1.165) is 5.56 Å². The Balaban J connectivity index is 1.68. The molecular weight excluding hydrogens is 314 g/mol. The molecule has 118 valence electrons. The highest BCUT2D eigenvalue weighted by Crippen LogP contribution is 2.25. The van der Waals surface area contributed by atoms with Gasteiger partial charge in [-0.1, -0.05) is 18.2 Å². The summed E-state index contributed by atoms with van der Waals surface area (Å²) in [6.45, 7) is 1.82. The highest BCUT2D eigenvalue weighted by molar-refractivity contribution is 7.10. The van der Waals surface area contributed by atoms with Crippen molar-refractivity contribution in [2.24, 2.45) is 0 Å². The summed E-state index contributed by atoms with van der Waals surface area (Å²) < 4.78 is 14.9. The third-order valence-electron chi connectivity index (χ3n) is 3.22. The minimum Gasteiger partial charge on any atom is -0.455 e. The van der Waals surface area contributed by atoms with Crippen LogP contribution in [-0.2, 0) is 11.3 Å². The van der Waals surface area contributed by atoms with E-state index < -0.39 is 5.97 Å². The van der Waals surface area contributed by atoms with E-state index in [2.05, 4.69) is 14.7 Å². The van der Waals surface area contributed by atoms with Crippen LogP contribution in [0.5, 0.6) is 0 Å². The maximum Gasteiger partial charge on any atom is 0.343 e. The van der Waals surface area contributed by atoms with Crippen LogP contribution >= 0.6 is 11.5 Å². The second-order valence-electron chi connectivity index (χ2n) is 4.81. The van der Waals surface area contributed by atoms with Crippen LogP contribution in [0.4, 0.5) is 5.00 Å². The van der Waals surface area contributed by atoms with Crippen LogP contribution in [0, 0.1) is 6.92 Å². The Labute approximate surface area is 137 Å². The van der Waals surface area contributed by atoms with E-state index in [1.54, 1.807) is 14.0 Å². The number of carbonyl (C=O) groups is 1. The first-order chi connectivity index (χ1) is 11.2. The Morgan fingerprint density at radius 2 is 2.13 bits per heavy atom. The van der Waals surface area contributed by atoms with E-state index in [0.29, 0.717) is 27.8 Å². The molecule has 0 aliphatic heterocycles. The van der Waals surface area contributed by atoms with Crippen LogP contribution in [0.1, 0.15) is 21.7 Å². The smallest absolute Gasteiger partial charge is 0.343 e. The zero-order valence-corrected chi connectivity index (χ0v) is 13.5. The Morgan fingerprint density at radius 3 is 2.87 bits per heavy atom. The molecule has 0 amide bonds. The van der Waals surface area contributed by atoms with Gasteiger partial charge in [-0.15, -0.1) is 0 Å². The van der Waals surface area contributed by atoms with Gasteiger partial charge in [-0.05, 0) is 30.6 Å². The number of ether oxygens (including phenoxy) is 1. The van der Waals surface area contributed by atoms with Crippen LogP contribution in [-0.4, -0.2) is 22.4 Å². The Bertz CT molecular complexity index is 811. The molecule has 0 radical (unpaired) electrons. The molecule has 1 N–H and O–H groups in total. The molecule has 1 aromatic carbocycles. The first-order valence-electron chi connectivity index (χ1n) is 7.00. The SMILES string of the molecule is CNc1snc(C)c1C(=O)OCc1coc(-c2ccccc2)n1. The molecule has 0 spiro atoms. The second kappa shape index (κ2) is 6.62. The number of rotatable bonds is 5. The van der Waals surface area contributed by atoms with Gasteiger partial charge in [0.1, 0.15) is 29.1 Å². The highest BCUT2D eigenvalue weighted by Gasteiger charge is 2.19. The van der Waals surface area contributed by atoms with Gasteiger partial charge in [-0.2, -0.15) is 4.37 Å². The van der Waals surface area contributed by atoms with Crippen molar-refractivity contribution in [2.75, 3.05) is 12.4 Å². The molecule has 23 heavy (non-hydrogen) atoms. The van der Waals surface area contributed by atoms with E-state index in [4.69, 9.17) is 9.15 Å². The summed E-state index contributed by atoms with van der Waals surface area (Å²) in [4.78, 5) is 16.5. The molecule has 3 rings (SSSR count). The van der Waals surface area contributed by atoms with Gasteiger partial charge >= 0.3 is 5.97 Å². The fourth-order valence-electron chi connectivity index (χ4n) is 2.08. The summed E-state index contributed by atoms with van der Waals surface area (Å²) >= 11 is 1.23. The van der Waals surface area contributed by atoms with Crippen molar-refractivity contribution in [2.45, 2.75) is 13.5 Å². The third-order valence-corrected chi connectivity index (χ3v) is 4.17. The van der Waals surface area contributed by atoms with Gasteiger partial charge in [0.15, 0.2) is 0 Å². The predicted octanol–water partition coefficient (Wildman–Crippen LogP) is 3.51. The number of esters is 1. The van der Waals surface area contributed by atoms with Gasteiger partial charge in [0.05, 0.1) is 5.69 Å². The van der Waals surface area contributed by atoms with Crippen molar-refractivity contribution in [1.29, 1.82) is 0 Å². The summed E-state index contributed by atoms with van der Waals surface area (Å²) in [6, 6.07) is 9.55. The summed E-state index contributed by atoms with van der Waals surface area (Å²) in [7, 11) is 1.74. The molecule has 0 aliphatic rings. The van der Waals surface area contributed by atoms with Crippen LogP contribution in [0.3, 0.4) is 0 Å². The topological polar surface area (TPSA) is 77.2 Å². The number of nitrogens with zero attached hydrogens (tertiary/aromatic N) is 2. The summed E-state index contributed by atoms with van der Waals surface area (Å²) in [6.07, 6.45) is 1.49. The van der Waals surface area contributed by atoms with Crippen LogP contribution in [0.25, 0.3) is 11.5 Å². The molecule has 0 bridgehead atoms. The molecule has 0 saturated carbocycles. The number of hydrogen-bond donors (Lipinski definition) is 1. The number of hydrogen-bond acceptors (Lipinski definition) is 7. The van der Waals surface area contributed by atoms with E-state index in [1.807, 2.05) is 30.3 Å². The number of anilines is 1. The second-order valence-corrected chi connectivity index (χ2v) is 5.58. The maximum atomic E-state index is 12.2. The van der Waals surface area contributed by atoms with E-state index >= 15 is 0 Å². The van der Waals surface area contributed by atoms with Gasteiger partial charge in [0, 0.05) is 12.6 Å². The number of benzene rings is 1. The lowest BCUT2D eigenvalue weighted by Gasteiger charge is -2.03. The van der Waals surface area contributed by atoms with Crippen molar-refractivity contribution < 1.29 is 13.9 Å². The first kappa shape index (κ1) is 15.2. The number of aromatic nitrogens is 2. The molecule has 0 fully saturated rings. The minimum atomic E-state index is -0.426. The average Bonchev–Trinajstić information content (AvgIpc) is 3.20. The zero-order chi connectivity index (χ0) is 16.2. The molecule has 2 heterocycles. The van der Waals surface area contributed by atoms with E-state index in [1.165, 1.54) is 17.8 Å². The van der Waals surface area contributed by atoms with Gasteiger partial charge in [-0.3, -0.25) is 0 Å². The van der Waals surface area contributed by atoms with Gasteiger partial charge in [-0.25, -0.2) is 9.78 Å². The molecule has 0 aliphatic carbocycles. The van der Waals surface area contributed by atoms with Crippen LogP contribution < -0.4 is 5.32 Å². The lowest BCUT2D eigenvalue weighted by molar-refractivity contribution is 0.0468. The predicted molar refractivity (Wildman–Crippen MR) is 87.5 cm³/mol. The van der Waals surface area contributed by atoms with Crippen molar-refractivity contribution in [3.8, 4) is 11.5 Å². The van der Waals surface area contributed by atoms with Crippen LogP contribution in [0.2, 0.25) is 0 Å². The molecule has 7 heteroatoms. The number of oxazole rings is 1. The fraction of sp³-hybridized carbons (Fsp3) is 0.188. The third kappa shape index (κ3) is 3.24. The molecule has 6 nitrogen and oxygen atoms in total. The van der Waals surface area contributed by atoms with Gasteiger partial charge in [0.25, 0.3) is 0 Å². The number of carbonyl (C=O) groups excluding carboxylic acids is 1. The Hall–Kier alpha value is -2.67. The average molecular weight is 329 g/mol. The molecule has 0 atom stereocenters. The first-order valence-corrected chi connectivity index (χ1v) is 7.77. The minimum absolute atomic E-state index is 0.0492. The highest BCUT2D eigenvalue weighted by atomic mass is 32.1. The van der Waals surface area contributed by atoms with Crippen molar-refractivity contribution >= 4 is 22.5 Å². The van der Waals surface area contributed by atoms with Gasteiger partial charge < -0.3 is 14.5 Å². The van der Waals surface area contributed by atoms with E-state index in [-0.39, 0.29) is 6.61 Å². The van der Waals surface area contributed by atoms with Gasteiger partial charge in [0.2, 0.25) is 5.89 Å². The molecular formula is C16H15N3O3S. The molecule has 3 aromatic rings. The number of aryl methyl sites for hydroxylation is 1. The van der Waals surface area contributed by atoms with Crippen LogP contribution in [0.15, 0.2) is 41.0 Å². The quantitative estimate of drug-likeness (QED) is 0.722. The molecule has 0 unspecified atom stereocenters. The normalized spacial score (nSPS) is 10.5. The van der Waals surface area contributed by atoms with Crippen molar-refractivity contribution in [3.05, 3.63) is 53.5 Å². The summed E-state index contributed by atoms with van der Waals surface area (Å²) in [5.41, 5.74) is 2.54. The zero-order valence-electron chi connectivity index (χ0n) is 12.7. The lowest BCUT2D eigenvalue weighted by Crippen LogP contribution is -2.08. The van der Waals surface area contributed by atoms with E-state index in [9.17, 15) is 4.79 Å².